The maximum atomic E-state index is 12.1. The monoisotopic (exact) mass is 352 g/mol. The SMILES string of the molecule is O=C1CN(c2ccc(OC(F)(F)F)c(Br)c2)C(=O)CN1. The van der Waals surface area contributed by atoms with Crippen molar-refractivity contribution in [3.63, 3.8) is 0 Å². The van der Waals surface area contributed by atoms with Crippen LogP contribution < -0.4 is 15.0 Å². The van der Waals surface area contributed by atoms with Gasteiger partial charge in [-0.3, -0.25) is 9.59 Å². The van der Waals surface area contributed by atoms with Crippen LogP contribution in [0.1, 0.15) is 0 Å². The molecule has 2 amide bonds. The van der Waals surface area contributed by atoms with E-state index in [0.29, 0.717) is 5.69 Å². The number of hydrogen-bond donors (Lipinski definition) is 1. The third-order valence-electron chi connectivity index (χ3n) is 2.49. The predicted octanol–water partition coefficient (Wildman–Crippen LogP) is 1.81. The van der Waals surface area contributed by atoms with Gasteiger partial charge in [0.05, 0.1) is 11.0 Å². The molecule has 1 aromatic rings. The standard InChI is InChI=1S/C11H8BrF3N2O3/c12-7-3-6(1-2-8(7)20-11(13,14)15)17-5-9(18)16-4-10(17)19/h1-3H,4-5H2,(H,16,18). The highest BCUT2D eigenvalue weighted by Crippen LogP contribution is 2.33. The van der Waals surface area contributed by atoms with Crippen molar-refractivity contribution < 1.29 is 27.5 Å². The molecule has 1 aromatic carbocycles. The van der Waals surface area contributed by atoms with E-state index in [9.17, 15) is 22.8 Å². The summed E-state index contributed by atoms with van der Waals surface area (Å²) in [6.45, 7) is -0.317. The van der Waals surface area contributed by atoms with Gasteiger partial charge in [-0.25, -0.2) is 0 Å². The van der Waals surface area contributed by atoms with Crippen LogP contribution in [-0.4, -0.2) is 31.3 Å². The van der Waals surface area contributed by atoms with Crippen molar-refractivity contribution in [2.45, 2.75) is 6.36 Å². The molecule has 2 rings (SSSR count). The fourth-order valence-electron chi connectivity index (χ4n) is 1.66. The quantitative estimate of drug-likeness (QED) is 0.883. The van der Waals surface area contributed by atoms with Crippen LogP contribution in [0.25, 0.3) is 0 Å². The van der Waals surface area contributed by atoms with Gasteiger partial charge >= 0.3 is 6.36 Å². The van der Waals surface area contributed by atoms with E-state index < -0.39 is 12.1 Å². The van der Waals surface area contributed by atoms with Gasteiger partial charge in [0.25, 0.3) is 0 Å². The molecule has 1 aliphatic rings. The second kappa shape index (κ2) is 5.31. The molecule has 0 atom stereocenters. The average molecular weight is 353 g/mol. The van der Waals surface area contributed by atoms with Gasteiger partial charge in [-0.15, -0.1) is 13.2 Å². The minimum absolute atomic E-state index is 0.0334. The molecule has 20 heavy (non-hydrogen) atoms. The molecule has 1 saturated heterocycles. The van der Waals surface area contributed by atoms with E-state index in [4.69, 9.17) is 0 Å². The summed E-state index contributed by atoms with van der Waals surface area (Å²) >= 11 is 2.94. The summed E-state index contributed by atoms with van der Waals surface area (Å²) in [6, 6.07) is 3.65. The molecule has 0 bridgehead atoms. The lowest BCUT2D eigenvalue weighted by molar-refractivity contribution is -0.274. The van der Waals surface area contributed by atoms with Crippen molar-refractivity contribution in [3.05, 3.63) is 22.7 Å². The van der Waals surface area contributed by atoms with Gasteiger partial charge in [0.15, 0.2) is 0 Å². The Bertz CT molecular complexity index is 562. The van der Waals surface area contributed by atoms with Crippen LogP contribution in [0.2, 0.25) is 0 Å². The van der Waals surface area contributed by atoms with E-state index in [2.05, 4.69) is 26.0 Å². The van der Waals surface area contributed by atoms with E-state index in [1.807, 2.05) is 0 Å². The number of carbonyl (C=O) groups is 2. The topological polar surface area (TPSA) is 58.6 Å². The number of carbonyl (C=O) groups excluding carboxylic acids is 2. The highest BCUT2D eigenvalue weighted by atomic mass is 79.9. The second-order valence-corrected chi connectivity index (χ2v) is 4.77. The highest BCUT2D eigenvalue weighted by Gasteiger charge is 2.32. The van der Waals surface area contributed by atoms with Gasteiger partial charge in [0.1, 0.15) is 12.3 Å². The first kappa shape index (κ1) is 14.6. The van der Waals surface area contributed by atoms with Gasteiger partial charge < -0.3 is 15.0 Å². The van der Waals surface area contributed by atoms with Crippen LogP contribution in [0.5, 0.6) is 5.75 Å². The van der Waals surface area contributed by atoms with Crippen LogP contribution in [0, 0.1) is 0 Å². The van der Waals surface area contributed by atoms with Crippen LogP contribution >= 0.6 is 15.9 Å². The zero-order valence-corrected chi connectivity index (χ0v) is 11.4. The van der Waals surface area contributed by atoms with Crippen molar-refractivity contribution >= 4 is 33.4 Å². The van der Waals surface area contributed by atoms with Gasteiger partial charge in [-0.1, -0.05) is 0 Å². The molecule has 9 heteroatoms. The van der Waals surface area contributed by atoms with Crippen LogP contribution in [-0.2, 0) is 9.59 Å². The van der Waals surface area contributed by atoms with E-state index in [1.165, 1.54) is 17.0 Å². The summed E-state index contributed by atoms with van der Waals surface area (Å²) in [5.41, 5.74) is 0.311. The third kappa shape index (κ3) is 3.41. The van der Waals surface area contributed by atoms with Crippen LogP contribution in [0.4, 0.5) is 18.9 Å². The van der Waals surface area contributed by atoms with Gasteiger partial charge in [0, 0.05) is 5.69 Å². The van der Waals surface area contributed by atoms with E-state index in [0.717, 1.165) is 6.07 Å². The average Bonchev–Trinajstić information content (AvgIpc) is 2.33. The highest BCUT2D eigenvalue weighted by molar-refractivity contribution is 9.10. The number of piperazine rings is 1. The first-order chi connectivity index (χ1) is 9.26. The summed E-state index contributed by atoms with van der Waals surface area (Å²) < 4.78 is 40.2. The normalized spacial score (nSPS) is 16.1. The van der Waals surface area contributed by atoms with Gasteiger partial charge in [-0.2, -0.15) is 0 Å². The Morgan fingerprint density at radius 3 is 2.60 bits per heavy atom. The third-order valence-corrected chi connectivity index (χ3v) is 3.11. The zero-order valence-electron chi connectivity index (χ0n) is 9.83. The first-order valence-corrected chi connectivity index (χ1v) is 6.18. The lowest BCUT2D eigenvalue weighted by Gasteiger charge is -2.27. The Morgan fingerprint density at radius 1 is 1.30 bits per heavy atom. The lowest BCUT2D eigenvalue weighted by Crippen LogP contribution is -2.51. The molecule has 0 radical (unpaired) electrons. The Hall–Kier alpha value is -1.77. The number of rotatable bonds is 2. The molecular formula is C11H8BrF3N2O3. The second-order valence-electron chi connectivity index (χ2n) is 3.92. The van der Waals surface area contributed by atoms with Crippen molar-refractivity contribution in [2.75, 3.05) is 18.0 Å². The molecule has 1 N–H and O–H groups in total. The van der Waals surface area contributed by atoms with E-state index in [-0.39, 0.29) is 29.4 Å². The predicted molar refractivity (Wildman–Crippen MR) is 66.2 cm³/mol. The molecule has 1 aliphatic heterocycles. The Morgan fingerprint density at radius 2 is 2.00 bits per heavy atom. The van der Waals surface area contributed by atoms with Crippen molar-refractivity contribution in [2.24, 2.45) is 0 Å². The van der Waals surface area contributed by atoms with Gasteiger partial charge in [-0.05, 0) is 34.1 Å². The number of nitrogens with one attached hydrogen (secondary N) is 1. The Labute approximate surface area is 119 Å². The molecule has 0 spiro atoms. The number of alkyl halides is 3. The van der Waals surface area contributed by atoms with Crippen molar-refractivity contribution in [3.8, 4) is 5.75 Å². The smallest absolute Gasteiger partial charge is 0.405 e. The summed E-state index contributed by atoms with van der Waals surface area (Å²) in [5.74, 6) is -1.10. The molecule has 0 aromatic heterocycles. The van der Waals surface area contributed by atoms with Crippen molar-refractivity contribution in [1.82, 2.24) is 5.32 Å². The molecule has 0 unspecified atom stereocenters. The fourth-order valence-corrected chi connectivity index (χ4v) is 2.11. The first-order valence-electron chi connectivity index (χ1n) is 5.38. The number of halogens is 4. The minimum Gasteiger partial charge on any atom is -0.405 e. The summed E-state index contributed by atoms with van der Waals surface area (Å²) in [4.78, 5) is 24.1. The number of hydrogen-bond acceptors (Lipinski definition) is 3. The lowest BCUT2D eigenvalue weighted by atomic mass is 10.2. The number of nitrogens with zero attached hydrogens (tertiary/aromatic N) is 1. The molecule has 108 valence electrons. The van der Waals surface area contributed by atoms with Crippen LogP contribution in [0.15, 0.2) is 22.7 Å². The molecule has 5 nitrogen and oxygen atoms in total. The van der Waals surface area contributed by atoms with E-state index in [1.54, 1.807) is 0 Å². The molecule has 0 saturated carbocycles. The Kier molecular flexibility index (Phi) is 3.89. The summed E-state index contributed by atoms with van der Waals surface area (Å²) in [5, 5.41) is 2.37. The maximum absolute atomic E-state index is 12.1. The number of amides is 2. The molecular weight excluding hydrogens is 345 g/mol. The minimum atomic E-state index is -4.80. The molecule has 1 fully saturated rings. The summed E-state index contributed by atoms with van der Waals surface area (Å²) in [7, 11) is 0. The maximum Gasteiger partial charge on any atom is 0.573 e. The largest absolute Gasteiger partial charge is 0.573 e. The molecule has 0 aliphatic carbocycles. The number of anilines is 1. The number of benzene rings is 1. The fraction of sp³-hybridized carbons (Fsp3) is 0.273. The van der Waals surface area contributed by atoms with E-state index >= 15 is 0 Å². The van der Waals surface area contributed by atoms with Crippen molar-refractivity contribution in [1.29, 1.82) is 0 Å². The summed E-state index contributed by atoms with van der Waals surface area (Å²) in [6.07, 6.45) is -4.80. The zero-order chi connectivity index (χ0) is 14.9. The van der Waals surface area contributed by atoms with Gasteiger partial charge in [0.2, 0.25) is 11.8 Å². The van der Waals surface area contributed by atoms with Crippen LogP contribution in [0.3, 0.4) is 0 Å². The molecule has 1 heterocycles. The Balaban J connectivity index is 2.24. The number of ether oxygens (including phenoxy) is 1.